The second-order valence-corrected chi connectivity index (χ2v) is 7.94. The Bertz CT molecular complexity index is 1090. The number of nitrogens with one attached hydrogen (secondary N) is 1. The molecule has 6 nitrogen and oxygen atoms in total. The van der Waals surface area contributed by atoms with Gasteiger partial charge in [-0.25, -0.2) is 13.1 Å². The Morgan fingerprint density at radius 2 is 1.59 bits per heavy atom. The molecule has 0 aliphatic rings. The second-order valence-electron chi connectivity index (χ2n) is 6.26. The third-order valence-corrected chi connectivity index (χ3v) is 6.03. The number of carboxylic acid groups (broad SMARTS) is 1. The molecule has 0 spiro atoms. The van der Waals surface area contributed by atoms with Crippen molar-refractivity contribution in [1.82, 2.24) is 4.72 Å². The fraction of sp³-hybridized carbons (Fsp3) is 0.150. The van der Waals surface area contributed by atoms with Crippen molar-refractivity contribution in [3.63, 3.8) is 0 Å². The first-order chi connectivity index (χ1) is 12.8. The molecule has 0 heterocycles. The van der Waals surface area contributed by atoms with E-state index in [0.717, 1.165) is 10.8 Å². The Labute approximate surface area is 157 Å². The van der Waals surface area contributed by atoms with Gasteiger partial charge in [-0.3, -0.25) is 4.79 Å². The maximum Gasteiger partial charge on any atom is 0.312 e. The van der Waals surface area contributed by atoms with Gasteiger partial charge >= 0.3 is 5.97 Å². The molecular weight excluding hydrogens is 366 g/mol. The third kappa shape index (κ3) is 3.79. The van der Waals surface area contributed by atoms with Gasteiger partial charge in [0.05, 0.1) is 5.92 Å². The van der Waals surface area contributed by atoms with Crippen LogP contribution in [0.4, 0.5) is 0 Å². The minimum atomic E-state index is -4.09. The van der Waals surface area contributed by atoms with Gasteiger partial charge in [-0.1, -0.05) is 54.6 Å². The van der Waals surface area contributed by atoms with Gasteiger partial charge in [-0.05, 0) is 35.4 Å². The monoisotopic (exact) mass is 385 g/mol. The van der Waals surface area contributed by atoms with Crippen LogP contribution in [0.2, 0.25) is 0 Å². The van der Waals surface area contributed by atoms with E-state index in [1.165, 1.54) is 31.2 Å². The molecule has 0 aliphatic heterocycles. The molecule has 1 unspecified atom stereocenters. The number of carbonyl (C=O) groups is 1. The average Bonchev–Trinajstić information content (AvgIpc) is 2.61. The lowest BCUT2D eigenvalue weighted by Gasteiger charge is -2.23. The van der Waals surface area contributed by atoms with E-state index in [2.05, 4.69) is 4.72 Å². The molecule has 7 heteroatoms. The third-order valence-electron chi connectivity index (χ3n) is 4.42. The lowest BCUT2D eigenvalue weighted by atomic mass is 9.89. The molecule has 0 aromatic heterocycles. The zero-order valence-corrected chi connectivity index (χ0v) is 15.3. The highest BCUT2D eigenvalue weighted by atomic mass is 32.2. The molecule has 27 heavy (non-hydrogen) atoms. The van der Waals surface area contributed by atoms with Crippen molar-refractivity contribution >= 4 is 26.8 Å². The molecular formula is C20H19NO5S. The van der Waals surface area contributed by atoms with E-state index in [9.17, 15) is 23.4 Å². The summed E-state index contributed by atoms with van der Waals surface area (Å²) < 4.78 is 27.6. The minimum Gasteiger partial charge on any atom is -0.507 e. The zero-order chi connectivity index (χ0) is 19.6. The Balaban J connectivity index is 2.01. The summed E-state index contributed by atoms with van der Waals surface area (Å²) in [5.74, 6) is -2.63. The van der Waals surface area contributed by atoms with Crippen LogP contribution in [-0.4, -0.2) is 30.6 Å². The summed E-state index contributed by atoms with van der Waals surface area (Å²) >= 11 is 0. The minimum absolute atomic E-state index is 0.293. The van der Waals surface area contributed by atoms with Crippen molar-refractivity contribution < 1.29 is 23.4 Å². The largest absolute Gasteiger partial charge is 0.507 e. The van der Waals surface area contributed by atoms with E-state index in [-0.39, 0.29) is 4.90 Å². The first-order valence-corrected chi connectivity index (χ1v) is 9.80. The molecule has 3 N–H and O–H groups in total. The Hall–Kier alpha value is -2.90. The summed E-state index contributed by atoms with van der Waals surface area (Å²) in [4.78, 5) is 11.7. The Kier molecular flexibility index (Phi) is 5.16. The van der Waals surface area contributed by atoms with Crippen molar-refractivity contribution in [1.29, 1.82) is 0 Å². The lowest BCUT2D eigenvalue weighted by molar-refractivity contribution is -0.139. The van der Waals surface area contributed by atoms with Crippen molar-refractivity contribution in [2.75, 3.05) is 0 Å². The van der Waals surface area contributed by atoms with Gasteiger partial charge in [0.25, 0.3) is 0 Å². The van der Waals surface area contributed by atoms with Crippen LogP contribution in [-0.2, 0) is 14.8 Å². The van der Waals surface area contributed by atoms with Crippen LogP contribution in [0, 0.1) is 0 Å². The van der Waals surface area contributed by atoms with Gasteiger partial charge in [0.2, 0.25) is 10.0 Å². The Morgan fingerprint density at radius 3 is 2.30 bits per heavy atom. The fourth-order valence-electron chi connectivity index (χ4n) is 3.20. The fourth-order valence-corrected chi connectivity index (χ4v) is 4.55. The van der Waals surface area contributed by atoms with Gasteiger partial charge in [0, 0.05) is 6.04 Å². The van der Waals surface area contributed by atoms with Gasteiger partial charge in [0.15, 0.2) is 0 Å². The molecule has 0 aliphatic carbocycles. The summed E-state index contributed by atoms with van der Waals surface area (Å²) in [6.07, 6.45) is 0. The summed E-state index contributed by atoms with van der Waals surface area (Å²) in [6.45, 7) is 1.50. The van der Waals surface area contributed by atoms with Gasteiger partial charge in [-0.2, -0.15) is 0 Å². The number of sulfonamides is 1. The van der Waals surface area contributed by atoms with Crippen LogP contribution < -0.4 is 4.72 Å². The quantitative estimate of drug-likeness (QED) is 0.605. The first kappa shape index (κ1) is 18.9. The number of carboxylic acids is 1. The topological polar surface area (TPSA) is 104 Å². The summed E-state index contributed by atoms with van der Waals surface area (Å²) in [5.41, 5.74) is 0.521. The number of benzene rings is 3. The van der Waals surface area contributed by atoms with Crippen LogP contribution in [0.25, 0.3) is 10.8 Å². The molecule has 0 fully saturated rings. The van der Waals surface area contributed by atoms with Gasteiger partial charge in [-0.15, -0.1) is 0 Å². The van der Waals surface area contributed by atoms with Crippen molar-refractivity contribution in [2.24, 2.45) is 0 Å². The number of hydrogen-bond donors (Lipinski definition) is 3. The van der Waals surface area contributed by atoms with Crippen LogP contribution in [0.1, 0.15) is 18.4 Å². The Morgan fingerprint density at radius 1 is 0.963 bits per heavy atom. The van der Waals surface area contributed by atoms with E-state index < -0.39 is 33.7 Å². The molecule has 140 valence electrons. The van der Waals surface area contributed by atoms with Crippen LogP contribution in [0.15, 0.2) is 71.6 Å². The average molecular weight is 385 g/mol. The van der Waals surface area contributed by atoms with Crippen LogP contribution in [0.3, 0.4) is 0 Å². The number of aliphatic carboxylic acids is 1. The molecule has 0 amide bonds. The van der Waals surface area contributed by atoms with Crippen molar-refractivity contribution in [3.05, 3.63) is 72.3 Å². The highest BCUT2D eigenvalue weighted by Gasteiger charge is 2.32. The highest BCUT2D eigenvalue weighted by molar-refractivity contribution is 7.89. The maximum absolute atomic E-state index is 12.6. The van der Waals surface area contributed by atoms with Gasteiger partial charge in [0.1, 0.15) is 10.6 Å². The van der Waals surface area contributed by atoms with E-state index >= 15 is 0 Å². The van der Waals surface area contributed by atoms with Gasteiger partial charge < -0.3 is 10.2 Å². The smallest absolute Gasteiger partial charge is 0.312 e. The van der Waals surface area contributed by atoms with Crippen molar-refractivity contribution in [3.8, 4) is 5.75 Å². The summed E-state index contributed by atoms with van der Waals surface area (Å²) in [5, 5.41) is 21.2. The van der Waals surface area contributed by atoms with E-state index in [1.807, 2.05) is 30.3 Å². The number of phenols is 1. The van der Waals surface area contributed by atoms with E-state index in [4.69, 9.17) is 0 Å². The summed E-state index contributed by atoms with van der Waals surface area (Å²) in [7, 11) is -4.09. The molecule has 3 aromatic carbocycles. The van der Waals surface area contributed by atoms with Crippen LogP contribution in [0.5, 0.6) is 5.75 Å². The normalized spacial score (nSPS) is 14.0. The van der Waals surface area contributed by atoms with E-state index in [0.29, 0.717) is 5.56 Å². The molecule has 3 aromatic rings. The van der Waals surface area contributed by atoms with E-state index in [1.54, 1.807) is 12.1 Å². The molecule has 3 rings (SSSR count). The zero-order valence-electron chi connectivity index (χ0n) is 14.5. The highest BCUT2D eigenvalue weighted by Crippen LogP contribution is 2.30. The maximum atomic E-state index is 12.6. The number of fused-ring (bicyclic) bond motifs is 1. The number of aromatic hydroxyl groups is 1. The number of phenolic OH excluding ortho intramolecular Hbond substituents is 1. The van der Waals surface area contributed by atoms with Crippen molar-refractivity contribution in [2.45, 2.75) is 23.8 Å². The molecule has 2 atom stereocenters. The number of hydrogen-bond acceptors (Lipinski definition) is 4. The standard InChI is InChI=1S/C20H19NO5S/c1-13(21-27(25,26)18-12-5-4-11-17(18)22)19(20(23)24)16-10-6-8-14-7-2-3-9-15(14)16/h2-13,19,21-22H,1H3,(H,23,24)/t13-,19?/m0/s1. The predicted octanol–water partition coefficient (Wildman–Crippen LogP) is 3.08. The number of rotatable bonds is 6. The molecule has 0 bridgehead atoms. The predicted molar refractivity (Wildman–Crippen MR) is 102 cm³/mol. The molecule has 0 saturated heterocycles. The SMILES string of the molecule is C[C@H](NS(=O)(=O)c1ccccc1O)C(C(=O)O)c1cccc2ccccc12. The molecule has 0 radical (unpaired) electrons. The number of para-hydroxylation sites is 1. The summed E-state index contributed by atoms with van der Waals surface area (Å²) in [6, 6.07) is 17.2. The second kappa shape index (κ2) is 7.38. The van der Waals surface area contributed by atoms with Crippen LogP contribution >= 0.6 is 0 Å². The lowest BCUT2D eigenvalue weighted by Crippen LogP contribution is -2.40. The molecule has 0 saturated carbocycles. The first-order valence-electron chi connectivity index (χ1n) is 8.32.